The molecule has 4 N–H and O–H groups in total. The number of hydrogen-bond donors (Lipinski definition) is 4. The molecule has 5 atom stereocenters. The van der Waals surface area contributed by atoms with Crippen LogP contribution in [0.15, 0.2) is 18.5 Å². The molecule has 1 fully saturated rings. The minimum absolute atomic E-state index is 0.125. The summed E-state index contributed by atoms with van der Waals surface area (Å²) in [5.41, 5.74) is -0.674. The predicted molar refractivity (Wildman–Crippen MR) is 93.7 cm³/mol. The molecular formula is C15H18N2O8S2. The van der Waals surface area contributed by atoms with E-state index in [2.05, 4.69) is 9.97 Å². The van der Waals surface area contributed by atoms with Gasteiger partial charge in [-0.05, 0) is 19.9 Å². The molecule has 0 amide bonds. The first-order valence-electron chi connectivity index (χ1n) is 7.80. The fourth-order valence-electron chi connectivity index (χ4n) is 2.70. The van der Waals surface area contributed by atoms with Gasteiger partial charge in [-0.3, -0.25) is 9.54 Å². The number of thiazole rings is 1. The third-order valence-corrected chi connectivity index (χ3v) is 6.05. The number of rotatable bonds is 4. The van der Waals surface area contributed by atoms with Crippen molar-refractivity contribution in [3.63, 3.8) is 0 Å². The fraction of sp³-hybridized carbons (Fsp3) is 0.467. The number of aliphatic hydroxyl groups excluding tert-OH is 3. The van der Waals surface area contributed by atoms with E-state index in [0.29, 0.717) is 5.56 Å². The van der Waals surface area contributed by atoms with Crippen molar-refractivity contribution in [1.29, 1.82) is 0 Å². The first-order chi connectivity index (χ1) is 12.6. The van der Waals surface area contributed by atoms with E-state index >= 15 is 0 Å². The minimum Gasteiger partial charge on any atom is -0.460 e. The van der Waals surface area contributed by atoms with E-state index in [-0.39, 0.29) is 5.75 Å². The topological polar surface area (TPSA) is 159 Å². The Hall–Kier alpha value is -1.67. The van der Waals surface area contributed by atoms with Crippen molar-refractivity contribution in [2.75, 3.05) is 0 Å². The average Bonchev–Trinajstić information content (AvgIpc) is 2.93. The molecule has 0 spiro atoms. The van der Waals surface area contributed by atoms with Crippen LogP contribution >= 0.6 is 11.3 Å². The molecule has 1 unspecified atom stereocenters. The van der Waals surface area contributed by atoms with Gasteiger partial charge in [-0.2, -0.15) is 8.42 Å². The molecule has 0 bridgehead atoms. The maximum Gasteiger partial charge on any atom is 0.295 e. The zero-order valence-electron chi connectivity index (χ0n) is 14.3. The molecule has 2 aromatic heterocycles. The van der Waals surface area contributed by atoms with Crippen molar-refractivity contribution in [1.82, 2.24) is 9.97 Å². The average molecular weight is 418 g/mol. The van der Waals surface area contributed by atoms with Crippen molar-refractivity contribution in [2.45, 2.75) is 43.9 Å². The lowest BCUT2D eigenvalue weighted by molar-refractivity contribution is -0.254. The minimum atomic E-state index is -4.86. The van der Waals surface area contributed by atoms with Gasteiger partial charge >= 0.3 is 0 Å². The Balaban J connectivity index is 1.86. The van der Waals surface area contributed by atoms with Crippen molar-refractivity contribution >= 4 is 21.5 Å². The summed E-state index contributed by atoms with van der Waals surface area (Å²) in [7, 11) is -4.86. The van der Waals surface area contributed by atoms with Crippen molar-refractivity contribution < 1.29 is 37.8 Å². The van der Waals surface area contributed by atoms with Crippen LogP contribution in [0, 0.1) is 13.8 Å². The lowest BCUT2D eigenvalue weighted by Gasteiger charge is -2.38. The molecule has 27 heavy (non-hydrogen) atoms. The van der Waals surface area contributed by atoms with Gasteiger partial charge in [-0.25, -0.2) is 4.98 Å². The molecule has 0 saturated carbocycles. The van der Waals surface area contributed by atoms with Gasteiger partial charge in [0.1, 0.15) is 24.1 Å². The van der Waals surface area contributed by atoms with Crippen LogP contribution in [0.4, 0.5) is 0 Å². The molecule has 3 heterocycles. The molecule has 2 aromatic rings. The maximum absolute atomic E-state index is 11.3. The Kier molecular flexibility index (Phi) is 5.49. The number of aromatic nitrogens is 2. The van der Waals surface area contributed by atoms with Gasteiger partial charge in [-0.1, -0.05) is 0 Å². The summed E-state index contributed by atoms with van der Waals surface area (Å²) in [4.78, 5) is 9.23. The van der Waals surface area contributed by atoms with E-state index in [0.717, 1.165) is 15.6 Å². The molecule has 10 nitrogen and oxygen atoms in total. The van der Waals surface area contributed by atoms with Crippen LogP contribution in [-0.2, 0) is 14.9 Å². The molecule has 3 rings (SSSR count). The summed E-state index contributed by atoms with van der Waals surface area (Å²) in [5, 5.41) is 30.4. The molecule has 1 aliphatic heterocycles. The molecule has 148 valence electrons. The van der Waals surface area contributed by atoms with Crippen LogP contribution < -0.4 is 4.74 Å². The van der Waals surface area contributed by atoms with E-state index in [4.69, 9.17) is 14.0 Å². The molecule has 0 aliphatic carbocycles. The molecule has 0 aromatic carbocycles. The summed E-state index contributed by atoms with van der Waals surface area (Å²) in [6, 6.07) is 1.59. The molecule has 1 saturated heterocycles. The first-order valence-corrected chi connectivity index (χ1v) is 10.1. The number of aliphatic hydroxyl groups is 3. The largest absolute Gasteiger partial charge is 0.460 e. The van der Waals surface area contributed by atoms with Crippen LogP contribution in [-0.4, -0.2) is 68.3 Å². The highest BCUT2D eigenvalue weighted by Gasteiger charge is 2.50. The summed E-state index contributed by atoms with van der Waals surface area (Å²) in [5.74, 6) is 0.125. The van der Waals surface area contributed by atoms with Gasteiger partial charge in [0, 0.05) is 11.8 Å². The van der Waals surface area contributed by atoms with Crippen molar-refractivity contribution in [2.24, 2.45) is 0 Å². The van der Waals surface area contributed by atoms with Gasteiger partial charge < -0.3 is 24.8 Å². The second-order valence-electron chi connectivity index (χ2n) is 6.03. The van der Waals surface area contributed by atoms with E-state index in [1.54, 1.807) is 12.3 Å². The maximum atomic E-state index is 11.3. The summed E-state index contributed by atoms with van der Waals surface area (Å²) in [6.07, 6.45) is -4.46. The monoisotopic (exact) mass is 418 g/mol. The molecular weight excluding hydrogens is 400 g/mol. The molecule has 0 radical (unpaired) electrons. The lowest BCUT2D eigenvalue weighted by Crippen LogP contribution is -2.61. The highest BCUT2D eigenvalue weighted by atomic mass is 32.2. The zero-order valence-corrected chi connectivity index (χ0v) is 15.9. The normalized spacial score (nSPS) is 28.9. The number of pyridine rings is 1. The Morgan fingerprint density at radius 3 is 2.44 bits per heavy atom. The van der Waals surface area contributed by atoms with Crippen LogP contribution in [0.2, 0.25) is 0 Å². The number of hydrogen-bond acceptors (Lipinski definition) is 10. The van der Waals surface area contributed by atoms with Gasteiger partial charge in [0.05, 0.1) is 21.8 Å². The second-order valence-corrected chi connectivity index (χ2v) is 8.73. The molecule has 12 heteroatoms. The van der Waals surface area contributed by atoms with Crippen LogP contribution in [0.5, 0.6) is 5.75 Å². The Bertz CT molecular complexity index is 932. The van der Waals surface area contributed by atoms with E-state index < -0.39 is 40.2 Å². The standard InChI is InChI=1S/C15H18N2O8S2/c1-6-13(26-7(2)17-6)8-3-9(5-16-4-8)24-14-11(19)10(18)12(20)15(25-14)27(21,22)23/h3-5,10-12,14-15,18-20H,1-2H3,(H,21,22,23)/t10-,11-,12+,14-,15?/m1/s1. The number of aryl methyl sites for hydroxylation is 2. The first kappa shape index (κ1) is 20.1. The zero-order chi connectivity index (χ0) is 19.9. The lowest BCUT2D eigenvalue weighted by atomic mass is 10.1. The van der Waals surface area contributed by atoms with Gasteiger partial charge in [0.25, 0.3) is 10.1 Å². The third kappa shape index (κ3) is 4.11. The fourth-order valence-corrected chi connectivity index (χ4v) is 4.37. The second kappa shape index (κ2) is 7.39. The Labute approximate surface area is 158 Å². The van der Waals surface area contributed by atoms with Crippen LogP contribution in [0.3, 0.4) is 0 Å². The van der Waals surface area contributed by atoms with Gasteiger partial charge in [-0.15, -0.1) is 11.3 Å². The highest BCUT2D eigenvalue weighted by molar-refractivity contribution is 7.86. The van der Waals surface area contributed by atoms with Gasteiger partial charge in [0.2, 0.25) is 11.7 Å². The Morgan fingerprint density at radius 2 is 1.85 bits per heavy atom. The predicted octanol–water partition coefficient (Wildman–Crippen LogP) is -0.146. The van der Waals surface area contributed by atoms with Crippen LogP contribution in [0.25, 0.3) is 10.4 Å². The van der Waals surface area contributed by atoms with E-state index in [1.165, 1.54) is 17.5 Å². The smallest absolute Gasteiger partial charge is 0.295 e. The summed E-state index contributed by atoms with van der Waals surface area (Å²) >= 11 is 1.45. The number of ether oxygens (including phenoxy) is 2. The summed E-state index contributed by atoms with van der Waals surface area (Å²) < 4.78 is 42.2. The number of nitrogens with zero attached hydrogens (tertiary/aromatic N) is 2. The van der Waals surface area contributed by atoms with E-state index in [9.17, 15) is 23.7 Å². The quantitative estimate of drug-likeness (QED) is 0.492. The van der Waals surface area contributed by atoms with Crippen molar-refractivity contribution in [3.8, 4) is 16.2 Å². The SMILES string of the molecule is Cc1nc(C)c(-c2cncc(O[C@@H]3OC(S(=O)(=O)O)[C@@H](O)[C@H](O)[C@H]3O)c2)s1. The van der Waals surface area contributed by atoms with E-state index in [1.807, 2.05) is 13.8 Å². The summed E-state index contributed by atoms with van der Waals surface area (Å²) in [6.45, 7) is 3.71. The third-order valence-electron chi connectivity index (χ3n) is 3.95. The molecule has 1 aliphatic rings. The van der Waals surface area contributed by atoms with Crippen LogP contribution in [0.1, 0.15) is 10.7 Å². The highest BCUT2D eigenvalue weighted by Crippen LogP contribution is 2.32. The Morgan fingerprint density at radius 1 is 1.15 bits per heavy atom. The van der Waals surface area contributed by atoms with Crippen molar-refractivity contribution in [3.05, 3.63) is 29.2 Å². The van der Waals surface area contributed by atoms with Gasteiger partial charge in [0.15, 0.2) is 0 Å².